The van der Waals surface area contributed by atoms with E-state index in [2.05, 4.69) is 41.1 Å². The summed E-state index contributed by atoms with van der Waals surface area (Å²) in [4.78, 5) is 4.72. The molecule has 0 saturated carbocycles. The van der Waals surface area contributed by atoms with E-state index in [-0.39, 0.29) is 5.82 Å². The minimum atomic E-state index is -0.172. The predicted molar refractivity (Wildman–Crippen MR) is 80.2 cm³/mol. The zero-order valence-electron chi connectivity index (χ0n) is 11.7. The molecule has 2 aromatic carbocycles. The summed E-state index contributed by atoms with van der Waals surface area (Å²) in [7, 11) is 2.14. The van der Waals surface area contributed by atoms with Crippen molar-refractivity contribution >= 4 is 5.69 Å². The van der Waals surface area contributed by atoms with Gasteiger partial charge in [-0.3, -0.25) is 4.90 Å². The summed E-state index contributed by atoms with van der Waals surface area (Å²) in [6, 6.07) is 15.4. The Bertz CT molecular complexity index is 580. The van der Waals surface area contributed by atoms with Crippen LogP contribution in [0.25, 0.3) is 0 Å². The first kappa shape index (κ1) is 13.1. The van der Waals surface area contributed by atoms with Crippen LogP contribution in [0.4, 0.5) is 10.1 Å². The van der Waals surface area contributed by atoms with Crippen molar-refractivity contribution in [1.29, 1.82) is 0 Å². The second kappa shape index (κ2) is 5.63. The van der Waals surface area contributed by atoms with E-state index in [9.17, 15) is 4.39 Å². The molecule has 1 heterocycles. The van der Waals surface area contributed by atoms with Crippen LogP contribution >= 0.6 is 0 Å². The highest BCUT2D eigenvalue weighted by molar-refractivity contribution is 5.53. The Morgan fingerprint density at radius 1 is 1.00 bits per heavy atom. The maximum Gasteiger partial charge on any atom is 0.123 e. The zero-order chi connectivity index (χ0) is 13.9. The number of rotatable bonds is 2. The van der Waals surface area contributed by atoms with E-state index in [4.69, 9.17) is 0 Å². The van der Waals surface area contributed by atoms with Crippen LogP contribution in [0, 0.1) is 5.82 Å². The Kier molecular flexibility index (Phi) is 3.70. The van der Waals surface area contributed by atoms with Gasteiger partial charge in [0.25, 0.3) is 0 Å². The van der Waals surface area contributed by atoms with Crippen molar-refractivity contribution in [2.24, 2.45) is 0 Å². The second-order valence-corrected chi connectivity index (χ2v) is 5.39. The second-order valence-electron chi connectivity index (χ2n) is 5.39. The van der Waals surface area contributed by atoms with Crippen molar-refractivity contribution in [2.45, 2.75) is 13.1 Å². The summed E-state index contributed by atoms with van der Waals surface area (Å²) in [6.07, 6.45) is 0. The smallest absolute Gasteiger partial charge is 0.123 e. The van der Waals surface area contributed by atoms with E-state index in [0.717, 1.165) is 31.7 Å². The average Bonchev–Trinajstić information content (AvgIpc) is 2.62. The molecule has 1 aliphatic rings. The summed E-state index contributed by atoms with van der Waals surface area (Å²) in [5.41, 5.74) is 3.83. The lowest BCUT2D eigenvalue weighted by molar-refractivity contribution is 0.269. The molecule has 3 heteroatoms. The number of hydrogen-bond donors (Lipinski definition) is 0. The molecule has 0 atom stereocenters. The number of hydrogen-bond acceptors (Lipinski definition) is 2. The van der Waals surface area contributed by atoms with Crippen LogP contribution in [0.3, 0.4) is 0 Å². The van der Waals surface area contributed by atoms with Crippen molar-refractivity contribution < 1.29 is 4.39 Å². The third kappa shape index (κ3) is 2.83. The minimum Gasteiger partial charge on any atom is -0.373 e. The van der Waals surface area contributed by atoms with Gasteiger partial charge in [-0.1, -0.05) is 30.3 Å². The van der Waals surface area contributed by atoms with Gasteiger partial charge in [0.15, 0.2) is 0 Å². The maximum atomic E-state index is 13.0. The average molecular weight is 270 g/mol. The van der Waals surface area contributed by atoms with Crippen LogP contribution in [0.5, 0.6) is 0 Å². The van der Waals surface area contributed by atoms with Gasteiger partial charge in [-0.15, -0.1) is 0 Å². The Balaban J connectivity index is 1.78. The molecule has 0 aliphatic carbocycles. The fourth-order valence-electron chi connectivity index (χ4n) is 2.73. The lowest BCUT2D eigenvalue weighted by Gasteiger charge is -2.20. The van der Waals surface area contributed by atoms with Gasteiger partial charge in [0.1, 0.15) is 5.82 Å². The largest absolute Gasteiger partial charge is 0.373 e. The molecule has 2 nitrogen and oxygen atoms in total. The zero-order valence-corrected chi connectivity index (χ0v) is 11.7. The molecule has 104 valence electrons. The van der Waals surface area contributed by atoms with Crippen molar-refractivity contribution in [2.75, 3.05) is 25.0 Å². The summed E-state index contributed by atoms with van der Waals surface area (Å²) >= 11 is 0. The molecule has 3 rings (SSSR count). The first-order valence-electron chi connectivity index (χ1n) is 6.98. The topological polar surface area (TPSA) is 6.48 Å². The third-order valence-electron chi connectivity index (χ3n) is 3.87. The quantitative estimate of drug-likeness (QED) is 0.826. The molecule has 0 unspecified atom stereocenters. The molecular weight excluding hydrogens is 251 g/mol. The van der Waals surface area contributed by atoms with Gasteiger partial charge in [0.05, 0.1) is 0 Å². The highest BCUT2D eigenvalue weighted by atomic mass is 19.1. The van der Waals surface area contributed by atoms with Crippen LogP contribution in [0.2, 0.25) is 0 Å². The number of halogens is 1. The molecule has 0 amide bonds. The van der Waals surface area contributed by atoms with Crippen LogP contribution in [-0.4, -0.2) is 25.0 Å². The first-order chi connectivity index (χ1) is 9.72. The molecule has 0 aromatic heterocycles. The summed E-state index contributed by atoms with van der Waals surface area (Å²) in [6.45, 7) is 3.83. The van der Waals surface area contributed by atoms with Crippen LogP contribution in [0.1, 0.15) is 11.1 Å². The van der Waals surface area contributed by atoms with Crippen LogP contribution < -0.4 is 4.90 Å². The molecule has 2 aromatic rings. The maximum absolute atomic E-state index is 13.0. The Morgan fingerprint density at radius 3 is 2.55 bits per heavy atom. The van der Waals surface area contributed by atoms with Gasteiger partial charge in [-0.25, -0.2) is 4.39 Å². The normalized spacial score (nSPS) is 15.8. The fourth-order valence-corrected chi connectivity index (χ4v) is 2.73. The number of anilines is 1. The molecule has 20 heavy (non-hydrogen) atoms. The molecule has 0 bridgehead atoms. The van der Waals surface area contributed by atoms with E-state index in [0.29, 0.717) is 0 Å². The first-order valence-corrected chi connectivity index (χ1v) is 6.98. The highest BCUT2D eigenvalue weighted by Gasteiger charge is 2.16. The highest BCUT2D eigenvalue weighted by Crippen LogP contribution is 2.24. The predicted octanol–water partition coefficient (Wildman–Crippen LogP) is 3.28. The van der Waals surface area contributed by atoms with E-state index in [1.54, 1.807) is 0 Å². The van der Waals surface area contributed by atoms with Crippen LogP contribution in [0.15, 0.2) is 48.5 Å². The molecule has 0 saturated heterocycles. The summed E-state index contributed by atoms with van der Waals surface area (Å²) in [5, 5.41) is 0. The number of benzene rings is 2. The summed E-state index contributed by atoms with van der Waals surface area (Å²) in [5.74, 6) is -0.172. The van der Waals surface area contributed by atoms with Crippen molar-refractivity contribution in [3.8, 4) is 0 Å². The van der Waals surface area contributed by atoms with E-state index in [1.165, 1.54) is 23.4 Å². The van der Waals surface area contributed by atoms with E-state index in [1.807, 2.05) is 12.1 Å². The lowest BCUT2D eigenvalue weighted by atomic mass is 10.1. The molecule has 0 fully saturated rings. The van der Waals surface area contributed by atoms with Gasteiger partial charge < -0.3 is 4.90 Å². The summed E-state index contributed by atoms with van der Waals surface area (Å²) < 4.78 is 13.0. The Hall–Kier alpha value is -1.87. The standard InChI is InChI=1S/C17H19FN2/c1-19-10-11-20(12-14-6-8-16(18)9-7-14)13-15-4-2-3-5-17(15)19/h2-9H,10-13H2,1H3. The number of nitrogens with zero attached hydrogens (tertiary/aromatic N) is 2. The molecule has 1 aliphatic heterocycles. The Morgan fingerprint density at radius 2 is 1.75 bits per heavy atom. The van der Waals surface area contributed by atoms with Gasteiger partial charge in [0.2, 0.25) is 0 Å². The van der Waals surface area contributed by atoms with Gasteiger partial charge in [-0.2, -0.15) is 0 Å². The lowest BCUT2D eigenvalue weighted by Crippen LogP contribution is -2.28. The Labute approximate surface area is 119 Å². The number of likely N-dealkylation sites (N-methyl/N-ethyl adjacent to an activating group) is 1. The number of fused-ring (bicyclic) bond motifs is 1. The van der Waals surface area contributed by atoms with Gasteiger partial charge >= 0.3 is 0 Å². The van der Waals surface area contributed by atoms with Crippen LogP contribution in [-0.2, 0) is 13.1 Å². The molecule has 0 spiro atoms. The molecular formula is C17H19FN2. The number of para-hydroxylation sites is 1. The molecule has 0 N–H and O–H groups in total. The SMILES string of the molecule is CN1CCN(Cc2ccc(F)cc2)Cc2ccccc21. The van der Waals surface area contributed by atoms with Crippen molar-refractivity contribution in [3.63, 3.8) is 0 Å². The fraction of sp³-hybridized carbons (Fsp3) is 0.294. The van der Waals surface area contributed by atoms with Gasteiger partial charge in [0, 0.05) is 38.9 Å². The van der Waals surface area contributed by atoms with Crippen molar-refractivity contribution in [3.05, 3.63) is 65.5 Å². The van der Waals surface area contributed by atoms with E-state index < -0.39 is 0 Å². The van der Waals surface area contributed by atoms with E-state index >= 15 is 0 Å². The van der Waals surface area contributed by atoms with Crippen molar-refractivity contribution in [1.82, 2.24) is 4.90 Å². The monoisotopic (exact) mass is 270 g/mol. The van der Waals surface area contributed by atoms with Gasteiger partial charge in [-0.05, 0) is 29.3 Å². The third-order valence-corrected chi connectivity index (χ3v) is 3.87. The minimum absolute atomic E-state index is 0.172. The molecule has 0 radical (unpaired) electrons.